The highest BCUT2D eigenvalue weighted by Crippen LogP contribution is 2.18. The van der Waals surface area contributed by atoms with Crippen molar-refractivity contribution in [3.05, 3.63) is 46.2 Å². The second-order valence-corrected chi connectivity index (χ2v) is 4.12. The highest BCUT2D eigenvalue weighted by Gasteiger charge is 2.08. The van der Waals surface area contributed by atoms with Crippen LogP contribution in [0.4, 0.5) is 0 Å². The number of hydrogen-bond acceptors (Lipinski definition) is 1. The van der Waals surface area contributed by atoms with Crippen LogP contribution >= 0.6 is 11.6 Å². The van der Waals surface area contributed by atoms with Crippen molar-refractivity contribution in [3.8, 4) is 5.69 Å². The number of benzene rings is 1. The Morgan fingerprint density at radius 2 is 1.67 bits per heavy atom. The normalized spacial score (nSPS) is 10.7. The Hall–Kier alpha value is -1.28. The topological polar surface area (TPSA) is 17.8 Å². The van der Waals surface area contributed by atoms with Crippen molar-refractivity contribution < 1.29 is 0 Å². The summed E-state index contributed by atoms with van der Waals surface area (Å²) in [6.07, 6.45) is 0. The summed E-state index contributed by atoms with van der Waals surface area (Å²) in [5, 5.41) is 5.23. The molecular formula is C12H13ClN2. The van der Waals surface area contributed by atoms with E-state index in [1.807, 2.05) is 35.9 Å². The summed E-state index contributed by atoms with van der Waals surface area (Å²) >= 11 is 5.85. The molecule has 0 radical (unpaired) electrons. The molecule has 1 heterocycles. The number of hydrogen-bond donors (Lipinski definition) is 0. The lowest BCUT2D eigenvalue weighted by Gasteiger charge is -2.04. The van der Waals surface area contributed by atoms with Gasteiger partial charge in [-0.25, -0.2) is 4.68 Å². The molecule has 15 heavy (non-hydrogen) atoms. The van der Waals surface area contributed by atoms with Gasteiger partial charge in [0.2, 0.25) is 0 Å². The number of aromatic nitrogens is 2. The Bertz CT molecular complexity index is 483. The van der Waals surface area contributed by atoms with Crippen LogP contribution < -0.4 is 0 Å². The van der Waals surface area contributed by atoms with Gasteiger partial charge in [0.05, 0.1) is 11.4 Å². The van der Waals surface area contributed by atoms with Crippen LogP contribution in [-0.2, 0) is 0 Å². The first-order chi connectivity index (χ1) is 7.09. The lowest BCUT2D eigenvalue weighted by Crippen LogP contribution is -1.98. The number of halogens is 1. The summed E-state index contributed by atoms with van der Waals surface area (Å²) in [5.74, 6) is 0. The zero-order chi connectivity index (χ0) is 11.0. The molecule has 0 aliphatic rings. The molecule has 3 heteroatoms. The Balaban J connectivity index is 2.54. The molecule has 0 N–H and O–H groups in total. The SMILES string of the molecule is Cc1nn(-c2ccc(Cl)cc2)c(C)c1C. The lowest BCUT2D eigenvalue weighted by molar-refractivity contribution is 0.833. The molecule has 2 nitrogen and oxygen atoms in total. The fourth-order valence-electron chi connectivity index (χ4n) is 1.55. The molecule has 0 bridgehead atoms. The van der Waals surface area contributed by atoms with Gasteiger partial charge in [-0.05, 0) is 50.6 Å². The van der Waals surface area contributed by atoms with Gasteiger partial charge in [0.15, 0.2) is 0 Å². The van der Waals surface area contributed by atoms with Gasteiger partial charge in [-0.3, -0.25) is 0 Å². The maximum atomic E-state index is 5.85. The van der Waals surface area contributed by atoms with E-state index in [1.165, 1.54) is 11.3 Å². The molecule has 0 atom stereocenters. The first kappa shape index (κ1) is 10.2. The lowest BCUT2D eigenvalue weighted by atomic mass is 10.2. The van der Waals surface area contributed by atoms with Gasteiger partial charge in [-0.15, -0.1) is 0 Å². The molecular weight excluding hydrogens is 208 g/mol. The van der Waals surface area contributed by atoms with Gasteiger partial charge in [-0.1, -0.05) is 11.6 Å². The van der Waals surface area contributed by atoms with Crippen molar-refractivity contribution in [3.63, 3.8) is 0 Å². The van der Waals surface area contributed by atoms with Crippen LogP contribution in [0.2, 0.25) is 5.02 Å². The molecule has 0 amide bonds. The molecule has 0 aliphatic carbocycles. The van der Waals surface area contributed by atoms with Gasteiger partial charge in [0.1, 0.15) is 0 Å². The summed E-state index contributed by atoms with van der Waals surface area (Å²) in [7, 11) is 0. The third-order valence-electron chi connectivity index (χ3n) is 2.72. The van der Waals surface area contributed by atoms with Crippen LogP contribution in [0.25, 0.3) is 5.69 Å². The number of rotatable bonds is 1. The number of nitrogens with zero attached hydrogens (tertiary/aromatic N) is 2. The fraction of sp³-hybridized carbons (Fsp3) is 0.250. The first-order valence-corrected chi connectivity index (χ1v) is 5.26. The average Bonchev–Trinajstić information content (AvgIpc) is 2.47. The summed E-state index contributed by atoms with van der Waals surface area (Å²) in [6, 6.07) is 7.70. The summed E-state index contributed by atoms with van der Waals surface area (Å²) in [6.45, 7) is 6.18. The zero-order valence-electron chi connectivity index (χ0n) is 9.08. The third-order valence-corrected chi connectivity index (χ3v) is 2.98. The monoisotopic (exact) mass is 220 g/mol. The summed E-state index contributed by atoms with van der Waals surface area (Å²) in [5.41, 5.74) is 4.54. The molecule has 0 saturated carbocycles. The van der Waals surface area contributed by atoms with E-state index in [9.17, 15) is 0 Å². The van der Waals surface area contributed by atoms with E-state index in [0.717, 1.165) is 16.4 Å². The molecule has 0 fully saturated rings. The minimum Gasteiger partial charge on any atom is -0.238 e. The first-order valence-electron chi connectivity index (χ1n) is 4.88. The zero-order valence-corrected chi connectivity index (χ0v) is 9.84. The van der Waals surface area contributed by atoms with Crippen molar-refractivity contribution in [2.45, 2.75) is 20.8 Å². The van der Waals surface area contributed by atoms with Crippen molar-refractivity contribution in [2.24, 2.45) is 0 Å². The minimum atomic E-state index is 0.747. The standard InChI is InChI=1S/C12H13ClN2/c1-8-9(2)14-15(10(8)3)12-6-4-11(13)5-7-12/h4-7H,1-3H3. The predicted molar refractivity (Wildman–Crippen MR) is 62.8 cm³/mol. The maximum absolute atomic E-state index is 5.85. The summed E-state index contributed by atoms with van der Waals surface area (Å²) in [4.78, 5) is 0. The van der Waals surface area contributed by atoms with Crippen LogP contribution in [0.3, 0.4) is 0 Å². The van der Waals surface area contributed by atoms with E-state index in [1.54, 1.807) is 0 Å². The van der Waals surface area contributed by atoms with Crippen LogP contribution in [0, 0.1) is 20.8 Å². The van der Waals surface area contributed by atoms with Crippen molar-refractivity contribution in [2.75, 3.05) is 0 Å². The third kappa shape index (κ3) is 1.77. The number of aryl methyl sites for hydroxylation is 1. The Morgan fingerprint density at radius 3 is 2.13 bits per heavy atom. The molecule has 0 saturated heterocycles. The summed E-state index contributed by atoms with van der Waals surface area (Å²) < 4.78 is 1.95. The Labute approximate surface area is 94.5 Å². The van der Waals surface area contributed by atoms with Crippen LogP contribution in [-0.4, -0.2) is 9.78 Å². The van der Waals surface area contributed by atoms with Crippen molar-refractivity contribution in [1.29, 1.82) is 0 Å². The molecule has 0 unspecified atom stereocenters. The molecule has 2 rings (SSSR count). The second-order valence-electron chi connectivity index (χ2n) is 3.68. The second kappa shape index (κ2) is 3.70. The Morgan fingerprint density at radius 1 is 1.07 bits per heavy atom. The Kier molecular flexibility index (Phi) is 2.53. The largest absolute Gasteiger partial charge is 0.238 e. The van der Waals surface area contributed by atoms with Crippen LogP contribution in [0.15, 0.2) is 24.3 Å². The quantitative estimate of drug-likeness (QED) is 0.720. The van der Waals surface area contributed by atoms with E-state index in [0.29, 0.717) is 0 Å². The molecule has 2 aromatic rings. The van der Waals surface area contributed by atoms with E-state index < -0.39 is 0 Å². The molecule has 0 aliphatic heterocycles. The predicted octanol–water partition coefficient (Wildman–Crippen LogP) is 3.45. The van der Waals surface area contributed by atoms with E-state index in [-0.39, 0.29) is 0 Å². The smallest absolute Gasteiger partial charge is 0.0649 e. The minimum absolute atomic E-state index is 0.747. The van der Waals surface area contributed by atoms with Crippen LogP contribution in [0.1, 0.15) is 17.0 Å². The van der Waals surface area contributed by atoms with Crippen molar-refractivity contribution >= 4 is 11.6 Å². The van der Waals surface area contributed by atoms with Gasteiger partial charge in [0, 0.05) is 10.7 Å². The van der Waals surface area contributed by atoms with E-state index in [2.05, 4.69) is 18.9 Å². The highest BCUT2D eigenvalue weighted by molar-refractivity contribution is 6.30. The van der Waals surface area contributed by atoms with Gasteiger partial charge in [-0.2, -0.15) is 5.10 Å². The molecule has 1 aromatic heterocycles. The van der Waals surface area contributed by atoms with Gasteiger partial charge in [0.25, 0.3) is 0 Å². The van der Waals surface area contributed by atoms with Crippen LogP contribution in [0.5, 0.6) is 0 Å². The fourth-order valence-corrected chi connectivity index (χ4v) is 1.68. The van der Waals surface area contributed by atoms with E-state index in [4.69, 9.17) is 11.6 Å². The van der Waals surface area contributed by atoms with Gasteiger partial charge < -0.3 is 0 Å². The van der Waals surface area contributed by atoms with Crippen molar-refractivity contribution in [1.82, 2.24) is 9.78 Å². The average molecular weight is 221 g/mol. The maximum Gasteiger partial charge on any atom is 0.0649 e. The van der Waals surface area contributed by atoms with Gasteiger partial charge >= 0.3 is 0 Å². The molecule has 1 aromatic carbocycles. The molecule has 78 valence electrons. The van der Waals surface area contributed by atoms with E-state index >= 15 is 0 Å². The molecule has 0 spiro atoms. The highest BCUT2D eigenvalue weighted by atomic mass is 35.5.